The first-order chi connectivity index (χ1) is 5.52. The monoisotopic (exact) mass is 185 g/mol. The van der Waals surface area contributed by atoms with E-state index in [0.717, 1.165) is 11.3 Å². The summed E-state index contributed by atoms with van der Waals surface area (Å²) in [4.78, 5) is 14.4. The van der Waals surface area contributed by atoms with Gasteiger partial charge in [-0.3, -0.25) is 0 Å². The van der Waals surface area contributed by atoms with Gasteiger partial charge >= 0.3 is 5.97 Å². The van der Waals surface area contributed by atoms with Crippen molar-refractivity contribution in [3.63, 3.8) is 0 Å². The quantitative estimate of drug-likeness (QED) is 0.682. The number of carboxylic acid groups (broad SMARTS) is 1. The van der Waals surface area contributed by atoms with E-state index >= 15 is 0 Å². The van der Waals surface area contributed by atoms with E-state index in [1.54, 1.807) is 13.8 Å². The van der Waals surface area contributed by atoms with Crippen molar-refractivity contribution in [2.45, 2.75) is 13.8 Å². The first-order valence-electron chi connectivity index (χ1n) is 3.39. The molecule has 1 heterocycles. The lowest BCUT2D eigenvalue weighted by Crippen LogP contribution is -2.01. The number of halogens is 1. The Morgan fingerprint density at radius 3 is 2.67 bits per heavy atom. The Bertz CT molecular complexity index is 336. The third-order valence-electron chi connectivity index (χ3n) is 1.65. The number of carboxylic acids is 1. The topological polar surface area (TPSA) is 50.2 Å². The van der Waals surface area contributed by atoms with Crippen LogP contribution in [0.25, 0.3) is 0 Å². The van der Waals surface area contributed by atoms with E-state index in [4.69, 9.17) is 16.7 Å². The number of nitrogens with zero attached hydrogens (tertiary/aromatic N) is 1. The van der Waals surface area contributed by atoms with Crippen molar-refractivity contribution < 1.29 is 9.90 Å². The lowest BCUT2D eigenvalue weighted by atomic mass is 10.2. The third kappa shape index (κ3) is 1.56. The molecule has 1 rings (SSSR count). The molecule has 4 heteroatoms. The summed E-state index contributed by atoms with van der Waals surface area (Å²) in [5.74, 6) is -1.05. The number of aromatic nitrogens is 1. The maximum Gasteiger partial charge on any atom is 0.338 e. The molecule has 0 bridgehead atoms. The second kappa shape index (κ2) is 3.11. The van der Waals surface area contributed by atoms with Gasteiger partial charge in [0.1, 0.15) is 5.15 Å². The summed E-state index contributed by atoms with van der Waals surface area (Å²) in [6, 6.07) is 1.52. The van der Waals surface area contributed by atoms with Gasteiger partial charge in [-0.05, 0) is 25.5 Å². The zero-order valence-corrected chi connectivity index (χ0v) is 7.51. The fraction of sp³-hybridized carbons (Fsp3) is 0.250. The molecular formula is C8H8ClNO2. The molecule has 0 radical (unpaired) electrons. The third-order valence-corrected chi connectivity index (χ3v) is 1.94. The minimum atomic E-state index is -1.05. The van der Waals surface area contributed by atoms with Crippen molar-refractivity contribution in [1.82, 2.24) is 4.98 Å². The van der Waals surface area contributed by atoms with Crippen molar-refractivity contribution in [2.24, 2.45) is 0 Å². The number of hydrogen-bond donors (Lipinski definition) is 1. The number of carbonyl (C=O) groups is 1. The fourth-order valence-corrected chi connectivity index (χ4v) is 1.09. The Labute approximate surface area is 75.0 Å². The first kappa shape index (κ1) is 9.00. The van der Waals surface area contributed by atoms with Gasteiger partial charge in [-0.25, -0.2) is 9.78 Å². The molecule has 64 valence electrons. The Morgan fingerprint density at radius 2 is 2.17 bits per heavy atom. The fourth-order valence-electron chi connectivity index (χ4n) is 0.826. The lowest BCUT2D eigenvalue weighted by Gasteiger charge is -2.02. The van der Waals surface area contributed by atoms with Gasteiger partial charge in [0.05, 0.1) is 5.56 Å². The second-order valence-corrected chi connectivity index (χ2v) is 2.89. The molecule has 0 amide bonds. The molecule has 0 spiro atoms. The molecular weight excluding hydrogens is 178 g/mol. The van der Waals surface area contributed by atoms with Crippen LogP contribution >= 0.6 is 11.6 Å². The summed E-state index contributed by atoms with van der Waals surface area (Å²) in [5, 5.41) is 8.70. The van der Waals surface area contributed by atoms with E-state index in [9.17, 15) is 4.79 Å². The summed E-state index contributed by atoms with van der Waals surface area (Å²) in [7, 11) is 0. The number of hydrogen-bond acceptors (Lipinski definition) is 2. The molecule has 1 N–H and O–H groups in total. The minimum Gasteiger partial charge on any atom is -0.478 e. The second-order valence-electron chi connectivity index (χ2n) is 2.53. The van der Waals surface area contributed by atoms with Crippen molar-refractivity contribution in [3.8, 4) is 0 Å². The zero-order valence-electron chi connectivity index (χ0n) is 6.76. The van der Waals surface area contributed by atoms with E-state index in [0.29, 0.717) is 0 Å². The average Bonchev–Trinajstić information content (AvgIpc) is 1.96. The van der Waals surface area contributed by atoms with E-state index in [-0.39, 0.29) is 10.7 Å². The van der Waals surface area contributed by atoms with E-state index in [1.165, 1.54) is 6.07 Å². The van der Waals surface area contributed by atoms with Crippen LogP contribution in [0, 0.1) is 13.8 Å². The first-order valence-corrected chi connectivity index (χ1v) is 3.77. The normalized spacial score (nSPS) is 9.92. The molecule has 0 unspecified atom stereocenters. The molecule has 3 nitrogen and oxygen atoms in total. The molecule has 0 aromatic carbocycles. The van der Waals surface area contributed by atoms with Crippen LogP contribution in [0.1, 0.15) is 21.6 Å². The summed E-state index contributed by atoms with van der Waals surface area (Å²) in [6.45, 7) is 3.58. The molecule has 1 aromatic heterocycles. The maximum absolute atomic E-state index is 10.6. The smallest absolute Gasteiger partial charge is 0.338 e. The van der Waals surface area contributed by atoms with E-state index in [1.807, 2.05) is 0 Å². The highest BCUT2D eigenvalue weighted by Gasteiger charge is 2.10. The Hall–Kier alpha value is -1.09. The Morgan fingerprint density at radius 1 is 1.58 bits per heavy atom. The van der Waals surface area contributed by atoms with Crippen LogP contribution in [-0.4, -0.2) is 16.1 Å². The highest BCUT2D eigenvalue weighted by Crippen LogP contribution is 2.16. The SMILES string of the molecule is Cc1cc(C(=O)O)c(Cl)nc1C. The largest absolute Gasteiger partial charge is 0.478 e. The molecule has 0 aliphatic carbocycles. The van der Waals surface area contributed by atoms with Crippen molar-refractivity contribution in [3.05, 3.63) is 28.0 Å². The van der Waals surface area contributed by atoms with Gasteiger partial charge in [0.25, 0.3) is 0 Å². The molecule has 12 heavy (non-hydrogen) atoms. The van der Waals surface area contributed by atoms with E-state index < -0.39 is 5.97 Å². The van der Waals surface area contributed by atoms with Crippen molar-refractivity contribution >= 4 is 17.6 Å². The number of aromatic carboxylic acids is 1. The van der Waals surface area contributed by atoms with Crippen molar-refractivity contribution in [1.29, 1.82) is 0 Å². The summed E-state index contributed by atoms with van der Waals surface area (Å²) < 4.78 is 0. The van der Waals surface area contributed by atoms with E-state index in [2.05, 4.69) is 4.98 Å². The van der Waals surface area contributed by atoms with Crippen LogP contribution in [-0.2, 0) is 0 Å². The van der Waals surface area contributed by atoms with Gasteiger partial charge in [0, 0.05) is 5.69 Å². The van der Waals surface area contributed by atoms with Crippen LogP contribution in [0.4, 0.5) is 0 Å². The average molecular weight is 186 g/mol. The molecule has 0 fully saturated rings. The van der Waals surface area contributed by atoms with Gasteiger partial charge in [-0.1, -0.05) is 11.6 Å². The van der Waals surface area contributed by atoms with Gasteiger partial charge in [0.15, 0.2) is 0 Å². The van der Waals surface area contributed by atoms with Gasteiger partial charge in [-0.15, -0.1) is 0 Å². The van der Waals surface area contributed by atoms with Crippen LogP contribution in [0.5, 0.6) is 0 Å². The van der Waals surface area contributed by atoms with Crippen LogP contribution in [0.2, 0.25) is 5.15 Å². The van der Waals surface area contributed by atoms with Crippen LogP contribution in [0.3, 0.4) is 0 Å². The van der Waals surface area contributed by atoms with Crippen LogP contribution < -0.4 is 0 Å². The Balaban J connectivity index is 3.33. The highest BCUT2D eigenvalue weighted by atomic mass is 35.5. The summed E-state index contributed by atoms with van der Waals surface area (Å²) in [5.41, 5.74) is 1.64. The highest BCUT2D eigenvalue weighted by molar-refractivity contribution is 6.32. The number of rotatable bonds is 1. The number of pyridine rings is 1. The molecule has 1 aromatic rings. The number of aryl methyl sites for hydroxylation is 2. The van der Waals surface area contributed by atoms with Gasteiger partial charge in [-0.2, -0.15) is 0 Å². The molecule has 0 saturated carbocycles. The standard InChI is InChI=1S/C8H8ClNO2/c1-4-3-6(8(11)12)7(9)10-5(4)2/h3H,1-2H3,(H,11,12). The van der Waals surface area contributed by atoms with Crippen molar-refractivity contribution in [2.75, 3.05) is 0 Å². The van der Waals surface area contributed by atoms with Crippen LogP contribution in [0.15, 0.2) is 6.07 Å². The minimum absolute atomic E-state index is 0.0469. The Kier molecular flexibility index (Phi) is 2.33. The summed E-state index contributed by atoms with van der Waals surface area (Å²) >= 11 is 5.60. The summed E-state index contributed by atoms with van der Waals surface area (Å²) in [6.07, 6.45) is 0. The predicted octanol–water partition coefficient (Wildman–Crippen LogP) is 2.05. The van der Waals surface area contributed by atoms with Gasteiger partial charge < -0.3 is 5.11 Å². The zero-order chi connectivity index (χ0) is 9.30. The molecule has 0 saturated heterocycles. The predicted molar refractivity (Wildman–Crippen MR) is 45.7 cm³/mol. The van der Waals surface area contributed by atoms with Gasteiger partial charge in [0.2, 0.25) is 0 Å². The molecule has 0 atom stereocenters. The lowest BCUT2D eigenvalue weighted by molar-refractivity contribution is 0.0696. The molecule has 0 aliphatic rings. The molecule has 0 aliphatic heterocycles. The maximum atomic E-state index is 10.6.